The molecule has 0 fully saturated rings. The third-order valence-corrected chi connectivity index (χ3v) is 4.93. The van der Waals surface area contributed by atoms with Gasteiger partial charge in [0.05, 0.1) is 18.0 Å². The normalized spacial score (nSPS) is 17.3. The van der Waals surface area contributed by atoms with Crippen LogP contribution in [0, 0.1) is 0 Å². The molecular weight excluding hydrogens is 304 g/mol. The highest BCUT2D eigenvalue weighted by atomic mass is 35.5. The highest BCUT2D eigenvalue weighted by Gasteiger charge is 2.20. The van der Waals surface area contributed by atoms with E-state index >= 15 is 0 Å². The van der Waals surface area contributed by atoms with Gasteiger partial charge in [0.2, 0.25) is 5.91 Å². The van der Waals surface area contributed by atoms with Gasteiger partial charge in [-0.05, 0) is 30.4 Å². The van der Waals surface area contributed by atoms with Gasteiger partial charge in [0.15, 0.2) is 0 Å². The molecule has 1 aliphatic rings. The summed E-state index contributed by atoms with van der Waals surface area (Å²) in [7, 11) is 0. The van der Waals surface area contributed by atoms with Crippen LogP contribution in [0.25, 0.3) is 0 Å². The van der Waals surface area contributed by atoms with Gasteiger partial charge in [-0.2, -0.15) is 0 Å². The van der Waals surface area contributed by atoms with Gasteiger partial charge >= 0.3 is 0 Å². The zero-order valence-electron chi connectivity index (χ0n) is 11.6. The Bertz CT molecular complexity index is 641. The van der Waals surface area contributed by atoms with Crippen molar-refractivity contribution in [2.45, 2.75) is 37.6 Å². The Hall–Kier alpha value is -1.39. The summed E-state index contributed by atoms with van der Waals surface area (Å²) in [4.78, 5) is 16.4. The van der Waals surface area contributed by atoms with Crippen LogP contribution in [-0.4, -0.2) is 16.9 Å². The van der Waals surface area contributed by atoms with E-state index in [0.717, 1.165) is 30.0 Å². The number of halogens is 1. The number of hydrogen-bond acceptors (Lipinski definition) is 3. The molecule has 3 nitrogen and oxygen atoms in total. The minimum Gasteiger partial charge on any atom is -0.353 e. The Morgan fingerprint density at radius 3 is 2.95 bits per heavy atom. The van der Waals surface area contributed by atoms with Crippen LogP contribution in [0.15, 0.2) is 29.6 Å². The molecule has 1 amide bonds. The Labute approximate surface area is 133 Å². The lowest BCUT2D eigenvalue weighted by atomic mass is 9.88. The fourth-order valence-corrected chi connectivity index (χ4v) is 3.75. The zero-order valence-corrected chi connectivity index (χ0v) is 13.2. The number of thiazole rings is 1. The number of rotatable bonds is 4. The predicted octanol–water partition coefficient (Wildman–Crippen LogP) is 3.10. The number of fused-ring (bicyclic) bond motifs is 1. The summed E-state index contributed by atoms with van der Waals surface area (Å²) < 4.78 is 0. The number of carbonyl (C=O) groups is 1. The molecule has 1 aromatic heterocycles. The first kappa shape index (κ1) is 14.5. The molecule has 0 bridgehead atoms. The number of alkyl halides is 1. The number of aryl methyl sites for hydroxylation is 1. The first-order chi connectivity index (χ1) is 10.2. The molecule has 1 aromatic carbocycles. The van der Waals surface area contributed by atoms with E-state index in [4.69, 9.17) is 11.6 Å². The van der Waals surface area contributed by atoms with Crippen molar-refractivity contribution < 1.29 is 4.79 Å². The van der Waals surface area contributed by atoms with Crippen LogP contribution in [0.2, 0.25) is 0 Å². The first-order valence-corrected chi connectivity index (χ1v) is 8.51. The molecule has 1 atom stereocenters. The van der Waals surface area contributed by atoms with E-state index < -0.39 is 0 Å². The molecule has 2 aromatic rings. The van der Waals surface area contributed by atoms with E-state index in [2.05, 4.69) is 34.6 Å². The average molecular weight is 321 g/mol. The van der Waals surface area contributed by atoms with Gasteiger partial charge in [0, 0.05) is 11.4 Å². The van der Waals surface area contributed by atoms with Gasteiger partial charge in [0.25, 0.3) is 0 Å². The first-order valence-electron chi connectivity index (χ1n) is 7.10. The van der Waals surface area contributed by atoms with Crippen molar-refractivity contribution >= 4 is 28.8 Å². The van der Waals surface area contributed by atoms with E-state index in [9.17, 15) is 4.79 Å². The SMILES string of the molecule is O=C(Cc1nc(CCl)cs1)NC1CCc2ccccc2C1. The number of amides is 1. The summed E-state index contributed by atoms with van der Waals surface area (Å²) in [6, 6.07) is 8.71. The standard InChI is InChI=1S/C16H17ClN2OS/c17-9-14-10-21-16(19-14)8-15(20)18-13-6-5-11-3-1-2-4-12(11)7-13/h1-4,10,13H,5-9H2,(H,18,20). The molecule has 1 unspecified atom stereocenters. The summed E-state index contributed by atoms with van der Waals surface area (Å²) in [5, 5.41) is 5.87. The number of aromatic nitrogens is 1. The zero-order chi connectivity index (χ0) is 14.7. The maximum absolute atomic E-state index is 12.1. The minimum absolute atomic E-state index is 0.0508. The third kappa shape index (κ3) is 3.63. The Balaban J connectivity index is 1.56. The van der Waals surface area contributed by atoms with E-state index in [1.54, 1.807) is 0 Å². The fraction of sp³-hybridized carbons (Fsp3) is 0.375. The van der Waals surface area contributed by atoms with Crippen LogP contribution in [0.5, 0.6) is 0 Å². The molecule has 110 valence electrons. The van der Waals surface area contributed by atoms with Crippen LogP contribution >= 0.6 is 22.9 Å². The smallest absolute Gasteiger partial charge is 0.227 e. The van der Waals surface area contributed by atoms with Crippen molar-refractivity contribution in [1.29, 1.82) is 0 Å². The monoisotopic (exact) mass is 320 g/mol. The van der Waals surface area contributed by atoms with Crippen molar-refractivity contribution in [3.8, 4) is 0 Å². The second-order valence-electron chi connectivity index (χ2n) is 5.32. The number of nitrogens with zero attached hydrogens (tertiary/aromatic N) is 1. The molecule has 1 aliphatic carbocycles. The second kappa shape index (κ2) is 6.58. The maximum Gasteiger partial charge on any atom is 0.227 e. The summed E-state index contributed by atoms with van der Waals surface area (Å²) in [5.41, 5.74) is 3.61. The molecular formula is C16H17ClN2OS. The molecule has 0 saturated heterocycles. The second-order valence-corrected chi connectivity index (χ2v) is 6.53. The number of hydrogen-bond donors (Lipinski definition) is 1. The van der Waals surface area contributed by atoms with Crippen LogP contribution < -0.4 is 5.32 Å². The van der Waals surface area contributed by atoms with Crippen molar-refractivity contribution in [1.82, 2.24) is 10.3 Å². The molecule has 5 heteroatoms. The van der Waals surface area contributed by atoms with Crippen molar-refractivity contribution in [3.05, 3.63) is 51.5 Å². The van der Waals surface area contributed by atoms with Crippen molar-refractivity contribution in [3.63, 3.8) is 0 Å². The van der Waals surface area contributed by atoms with Crippen LogP contribution in [0.1, 0.15) is 28.2 Å². The topological polar surface area (TPSA) is 42.0 Å². The van der Waals surface area contributed by atoms with Gasteiger partial charge in [-0.1, -0.05) is 24.3 Å². The molecule has 0 spiro atoms. The van der Waals surface area contributed by atoms with E-state index in [1.807, 2.05) is 5.38 Å². The van der Waals surface area contributed by atoms with Crippen molar-refractivity contribution in [2.24, 2.45) is 0 Å². The molecule has 1 heterocycles. The van der Waals surface area contributed by atoms with E-state index in [0.29, 0.717) is 12.3 Å². The maximum atomic E-state index is 12.1. The Morgan fingerprint density at radius 2 is 2.19 bits per heavy atom. The van der Waals surface area contributed by atoms with Gasteiger partial charge in [0.1, 0.15) is 5.01 Å². The lowest BCUT2D eigenvalue weighted by Gasteiger charge is -2.25. The predicted molar refractivity (Wildman–Crippen MR) is 85.8 cm³/mol. The molecule has 0 saturated carbocycles. The molecule has 0 aliphatic heterocycles. The molecule has 3 rings (SSSR count). The van der Waals surface area contributed by atoms with Gasteiger partial charge < -0.3 is 5.32 Å². The number of nitrogens with one attached hydrogen (secondary N) is 1. The highest BCUT2D eigenvalue weighted by molar-refractivity contribution is 7.09. The quantitative estimate of drug-likeness (QED) is 0.880. The molecule has 1 N–H and O–H groups in total. The van der Waals surface area contributed by atoms with Crippen LogP contribution in [0.4, 0.5) is 0 Å². The third-order valence-electron chi connectivity index (χ3n) is 3.76. The number of benzene rings is 1. The number of carbonyl (C=O) groups excluding carboxylic acids is 1. The highest BCUT2D eigenvalue weighted by Crippen LogP contribution is 2.21. The largest absolute Gasteiger partial charge is 0.353 e. The van der Waals surface area contributed by atoms with Crippen molar-refractivity contribution in [2.75, 3.05) is 0 Å². The van der Waals surface area contributed by atoms with E-state index in [1.165, 1.54) is 22.5 Å². The van der Waals surface area contributed by atoms with Gasteiger partial charge in [-0.25, -0.2) is 4.98 Å². The summed E-state index contributed by atoms with van der Waals surface area (Å²) in [6.07, 6.45) is 3.31. The minimum atomic E-state index is 0.0508. The molecule has 0 radical (unpaired) electrons. The van der Waals surface area contributed by atoms with Crippen LogP contribution in [0.3, 0.4) is 0 Å². The fourth-order valence-electron chi connectivity index (χ4n) is 2.73. The summed E-state index contributed by atoms with van der Waals surface area (Å²) in [6.45, 7) is 0. The average Bonchev–Trinajstić information content (AvgIpc) is 2.94. The van der Waals surface area contributed by atoms with E-state index in [-0.39, 0.29) is 11.9 Å². The van der Waals surface area contributed by atoms with Gasteiger partial charge in [-0.15, -0.1) is 22.9 Å². The Morgan fingerprint density at radius 1 is 1.38 bits per heavy atom. The Kier molecular flexibility index (Phi) is 4.56. The molecule has 21 heavy (non-hydrogen) atoms. The summed E-state index contributed by atoms with van der Waals surface area (Å²) in [5.74, 6) is 0.451. The van der Waals surface area contributed by atoms with Gasteiger partial charge in [-0.3, -0.25) is 4.79 Å². The van der Waals surface area contributed by atoms with Crippen LogP contribution in [-0.2, 0) is 29.9 Å². The summed E-state index contributed by atoms with van der Waals surface area (Å²) >= 11 is 7.22. The lowest BCUT2D eigenvalue weighted by molar-refractivity contribution is -0.121. The lowest BCUT2D eigenvalue weighted by Crippen LogP contribution is -2.39.